The number of rotatable bonds is 2. The molecule has 2 heterocycles. The molecule has 3 N–H and O–H groups in total. The first kappa shape index (κ1) is 23.0. The maximum atomic E-state index is 13.8. The molecule has 2 aromatic carbocycles. The molecule has 0 saturated heterocycles. The zero-order chi connectivity index (χ0) is 24.4. The van der Waals surface area contributed by atoms with Crippen molar-refractivity contribution in [3.8, 4) is 0 Å². The van der Waals surface area contributed by atoms with E-state index in [-0.39, 0.29) is 29.2 Å². The minimum Gasteiger partial charge on any atom is -0.466 e. The number of allylic oxidation sites excluding steroid dienone is 1. The van der Waals surface area contributed by atoms with E-state index in [4.69, 9.17) is 33.7 Å². The highest BCUT2D eigenvalue weighted by Crippen LogP contribution is 2.56. The Labute approximate surface area is 213 Å². The van der Waals surface area contributed by atoms with Gasteiger partial charge in [-0.15, -0.1) is 0 Å². The smallest absolute Gasteiger partial charge is 0.339 e. The number of nitrogens with zero attached hydrogens (tertiary/aromatic N) is 1. The molecule has 1 amide bonds. The summed E-state index contributed by atoms with van der Waals surface area (Å²) >= 11 is 16.0. The summed E-state index contributed by atoms with van der Waals surface area (Å²) in [6.07, 6.45) is 1.25. The summed E-state index contributed by atoms with van der Waals surface area (Å²) in [6.45, 7) is 0. The molecule has 10 heteroatoms. The maximum Gasteiger partial charge on any atom is 0.339 e. The Morgan fingerprint density at radius 3 is 2.53 bits per heavy atom. The quantitative estimate of drug-likeness (QED) is 0.509. The number of carbonyl (C=O) groups excluding carboxylic acids is 3. The number of ketones is 1. The number of nitrogens with two attached hydrogens (primary N) is 1. The van der Waals surface area contributed by atoms with E-state index >= 15 is 0 Å². The van der Waals surface area contributed by atoms with Gasteiger partial charge < -0.3 is 15.8 Å². The lowest BCUT2D eigenvalue weighted by Gasteiger charge is -2.44. The highest BCUT2D eigenvalue weighted by molar-refractivity contribution is 9.10. The number of amides is 1. The second kappa shape index (κ2) is 8.15. The Morgan fingerprint density at radius 1 is 1.15 bits per heavy atom. The third-order valence-electron chi connectivity index (χ3n) is 6.37. The zero-order valence-corrected chi connectivity index (χ0v) is 21.0. The average molecular weight is 563 g/mol. The van der Waals surface area contributed by atoms with Crippen LogP contribution >= 0.6 is 39.1 Å². The highest BCUT2D eigenvalue weighted by Gasteiger charge is 2.62. The molecular weight excluding hydrogens is 545 g/mol. The van der Waals surface area contributed by atoms with Crippen molar-refractivity contribution in [2.75, 3.05) is 17.3 Å². The van der Waals surface area contributed by atoms with Crippen LogP contribution < -0.4 is 16.0 Å². The molecule has 1 atom stereocenters. The van der Waals surface area contributed by atoms with E-state index in [2.05, 4.69) is 21.2 Å². The summed E-state index contributed by atoms with van der Waals surface area (Å²) in [6, 6.07) is 10.0. The first-order chi connectivity index (χ1) is 16.2. The number of esters is 1. The number of ether oxygens (including phenoxy) is 1. The van der Waals surface area contributed by atoms with E-state index in [0.29, 0.717) is 50.0 Å². The Morgan fingerprint density at radius 2 is 1.85 bits per heavy atom. The first-order valence-corrected chi connectivity index (χ1v) is 12.0. The number of anilines is 2. The van der Waals surface area contributed by atoms with E-state index in [9.17, 15) is 14.4 Å². The van der Waals surface area contributed by atoms with Crippen LogP contribution in [0.2, 0.25) is 10.0 Å². The number of hydrogen-bond acceptors (Lipinski definition) is 6. The normalized spacial score (nSPS) is 21.6. The second-order valence-corrected chi connectivity index (χ2v) is 10.00. The summed E-state index contributed by atoms with van der Waals surface area (Å²) in [5.41, 5.74) is 6.96. The number of hydrogen-bond donors (Lipinski definition) is 2. The fourth-order valence-electron chi connectivity index (χ4n) is 5.14. The van der Waals surface area contributed by atoms with Gasteiger partial charge in [-0.2, -0.15) is 0 Å². The predicted molar refractivity (Wildman–Crippen MR) is 133 cm³/mol. The van der Waals surface area contributed by atoms with Crippen LogP contribution in [-0.2, 0) is 24.5 Å². The van der Waals surface area contributed by atoms with E-state index in [1.54, 1.807) is 41.3 Å². The summed E-state index contributed by atoms with van der Waals surface area (Å²) in [5, 5.41) is 3.54. The van der Waals surface area contributed by atoms with Crippen molar-refractivity contribution in [3.63, 3.8) is 0 Å². The maximum absolute atomic E-state index is 13.8. The van der Waals surface area contributed by atoms with Crippen molar-refractivity contribution < 1.29 is 19.1 Å². The largest absolute Gasteiger partial charge is 0.466 e. The standard InChI is InChI=1S/C24H18BrCl2N3O4/c1-34-22(32)20-21(28)30(14-9-12(26)8-13(27)10-14)17-3-2-4-18(31)19(17)24(20)15-7-11(25)5-6-16(15)29-23(24)33/h5-10H,2-4,28H2,1H3,(H,29,33). The van der Waals surface area contributed by atoms with Gasteiger partial charge in [-0.05, 0) is 49.2 Å². The minimum absolute atomic E-state index is 0.0263. The Hall–Kier alpha value is -2.81. The van der Waals surface area contributed by atoms with Crippen LogP contribution in [-0.4, -0.2) is 24.8 Å². The van der Waals surface area contributed by atoms with Crippen molar-refractivity contribution >= 4 is 68.2 Å². The summed E-state index contributed by atoms with van der Waals surface area (Å²) in [7, 11) is 1.21. The monoisotopic (exact) mass is 561 g/mol. The molecule has 0 saturated carbocycles. The van der Waals surface area contributed by atoms with E-state index in [1.807, 2.05) is 0 Å². The lowest BCUT2D eigenvalue weighted by atomic mass is 9.63. The van der Waals surface area contributed by atoms with Crippen molar-refractivity contribution in [1.82, 2.24) is 0 Å². The summed E-state index contributed by atoms with van der Waals surface area (Å²) < 4.78 is 5.79. The van der Waals surface area contributed by atoms with Crippen LogP contribution in [0.5, 0.6) is 0 Å². The van der Waals surface area contributed by atoms with E-state index in [0.717, 1.165) is 0 Å². The number of carbonyl (C=O) groups is 3. The van der Waals surface area contributed by atoms with Gasteiger partial charge in [0.05, 0.1) is 12.8 Å². The van der Waals surface area contributed by atoms with E-state index < -0.39 is 17.3 Å². The molecule has 34 heavy (non-hydrogen) atoms. The third kappa shape index (κ3) is 3.12. The molecule has 0 radical (unpaired) electrons. The predicted octanol–water partition coefficient (Wildman–Crippen LogP) is 4.82. The van der Waals surface area contributed by atoms with Crippen LogP contribution in [0.15, 0.2) is 63.5 Å². The van der Waals surface area contributed by atoms with Crippen LogP contribution in [0.25, 0.3) is 0 Å². The Balaban J connectivity index is 1.93. The molecule has 3 aliphatic rings. The lowest BCUT2D eigenvalue weighted by Crippen LogP contribution is -2.53. The van der Waals surface area contributed by atoms with Crippen LogP contribution in [0.4, 0.5) is 11.4 Å². The molecule has 174 valence electrons. The summed E-state index contributed by atoms with van der Waals surface area (Å²) in [4.78, 5) is 42.2. The summed E-state index contributed by atoms with van der Waals surface area (Å²) in [5.74, 6) is -1.61. The minimum atomic E-state index is -1.75. The van der Waals surface area contributed by atoms with Crippen molar-refractivity contribution in [3.05, 3.63) is 79.1 Å². The molecule has 0 bridgehead atoms. The van der Waals surface area contributed by atoms with Crippen LogP contribution in [0, 0.1) is 0 Å². The van der Waals surface area contributed by atoms with Crippen LogP contribution in [0.1, 0.15) is 24.8 Å². The van der Waals surface area contributed by atoms with Gasteiger partial charge in [0.15, 0.2) is 5.78 Å². The highest BCUT2D eigenvalue weighted by atomic mass is 79.9. The fraction of sp³-hybridized carbons (Fsp3) is 0.208. The number of methoxy groups -OCH3 is 1. The van der Waals surface area contributed by atoms with E-state index in [1.165, 1.54) is 7.11 Å². The zero-order valence-electron chi connectivity index (χ0n) is 17.9. The van der Waals surface area contributed by atoms with Gasteiger partial charge in [0, 0.05) is 43.5 Å². The number of fused-ring (bicyclic) bond motifs is 3. The van der Waals surface area contributed by atoms with Gasteiger partial charge in [0.25, 0.3) is 0 Å². The van der Waals surface area contributed by atoms with Gasteiger partial charge in [0.2, 0.25) is 5.91 Å². The number of Topliss-reactive ketones (excluding diaryl/α,β-unsaturated/α-hetero) is 1. The number of halogens is 3. The van der Waals surface area contributed by atoms with Crippen molar-refractivity contribution in [2.45, 2.75) is 24.7 Å². The Kier molecular flexibility index (Phi) is 5.50. The molecule has 0 aromatic heterocycles. The van der Waals surface area contributed by atoms with Gasteiger partial charge in [-0.1, -0.05) is 39.1 Å². The number of nitrogens with one attached hydrogen (secondary N) is 1. The number of benzene rings is 2. The molecular formula is C24H18BrCl2N3O4. The average Bonchev–Trinajstić information content (AvgIpc) is 3.04. The van der Waals surface area contributed by atoms with Crippen molar-refractivity contribution in [1.29, 1.82) is 0 Å². The fourth-order valence-corrected chi connectivity index (χ4v) is 6.02. The second-order valence-electron chi connectivity index (χ2n) is 8.21. The molecule has 7 nitrogen and oxygen atoms in total. The van der Waals surface area contributed by atoms with Crippen LogP contribution in [0.3, 0.4) is 0 Å². The molecule has 1 unspecified atom stereocenters. The molecule has 5 rings (SSSR count). The molecule has 2 aromatic rings. The third-order valence-corrected chi connectivity index (χ3v) is 7.30. The van der Waals surface area contributed by atoms with Gasteiger partial charge in [-0.25, -0.2) is 4.79 Å². The molecule has 2 aliphatic heterocycles. The van der Waals surface area contributed by atoms with Gasteiger partial charge in [0.1, 0.15) is 16.8 Å². The van der Waals surface area contributed by atoms with Gasteiger partial charge >= 0.3 is 5.97 Å². The molecule has 0 fully saturated rings. The topological polar surface area (TPSA) is 102 Å². The first-order valence-electron chi connectivity index (χ1n) is 10.4. The van der Waals surface area contributed by atoms with Crippen molar-refractivity contribution in [2.24, 2.45) is 5.73 Å². The van der Waals surface area contributed by atoms with Gasteiger partial charge in [-0.3, -0.25) is 14.5 Å². The SMILES string of the molecule is COC(=O)C1=C(N)N(c2cc(Cl)cc(Cl)c2)C2=C(C(=O)CCC2)C12C(=O)Nc1ccc(Br)cc12. The lowest BCUT2D eigenvalue weighted by molar-refractivity contribution is -0.138. The Bertz CT molecular complexity index is 1350. The molecule has 1 spiro atoms. The molecule has 1 aliphatic carbocycles.